The number of aromatic amines is 1. The van der Waals surface area contributed by atoms with Crippen LogP contribution in [0.3, 0.4) is 0 Å². The quantitative estimate of drug-likeness (QED) is 0.337. The topological polar surface area (TPSA) is 149 Å². The van der Waals surface area contributed by atoms with Crippen LogP contribution in [0.25, 0.3) is 10.9 Å². The molecular weight excluding hydrogens is 426 g/mol. The summed E-state index contributed by atoms with van der Waals surface area (Å²) < 4.78 is 0. The normalized spacial score (nSPS) is 11.7. The fraction of sp³-hybridized carbons (Fsp3) is 0.250. The van der Waals surface area contributed by atoms with Crippen LogP contribution in [0.5, 0.6) is 5.75 Å². The van der Waals surface area contributed by atoms with E-state index in [1.165, 1.54) is 18.2 Å². The van der Waals surface area contributed by atoms with Gasteiger partial charge < -0.3 is 25.8 Å². The van der Waals surface area contributed by atoms with E-state index in [9.17, 15) is 24.3 Å². The number of nitrogens with one attached hydrogen (secondary N) is 3. The van der Waals surface area contributed by atoms with E-state index in [1.807, 2.05) is 6.92 Å². The van der Waals surface area contributed by atoms with Crippen molar-refractivity contribution in [2.45, 2.75) is 38.6 Å². The van der Waals surface area contributed by atoms with Crippen molar-refractivity contribution in [3.05, 3.63) is 70.0 Å². The van der Waals surface area contributed by atoms with Gasteiger partial charge in [0.1, 0.15) is 11.8 Å². The molecule has 0 unspecified atom stereocenters. The number of fused-ring (bicyclic) bond motifs is 1. The maximum absolute atomic E-state index is 13.0. The lowest BCUT2D eigenvalue weighted by Gasteiger charge is -2.19. The molecule has 0 aliphatic rings. The maximum Gasteiger partial charge on any atom is 0.303 e. The van der Waals surface area contributed by atoms with Crippen molar-refractivity contribution >= 4 is 34.4 Å². The second-order valence-electron chi connectivity index (χ2n) is 7.80. The summed E-state index contributed by atoms with van der Waals surface area (Å²) in [7, 11) is 0. The summed E-state index contributed by atoms with van der Waals surface area (Å²) in [6.07, 6.45) is 0.158. The Hall–Kier alpha value is -4.14. The first-order chi connectivity index (χ1) is 15.7. The van der Waals surface area contributed by atoms with E-state index >= 15 is 0 Å². The molecule has 0 radical (unpaired) electrons. The first-order valence-corrected chi connectivity index (χ1v) is 10.4. The minimum Gasteiger partial charge on any atom is -0.508 e. The minimum atomic E-state index is -0.995. The second kappa shape index (κ2) is 10.4. The number of pyridine rings is 1. The molecule has 0 bridgehead atoms. The van der Waals surface area contributed by atoms with Gasteiger partial charge in [-0.15, -0.1) is 0 Å². The molecule has 3 aromatic rings. The smallest absolute Gasteiger partial charge is 0.303 e. The van der Waals surface area contributed by atoms with E-state index in [0.29, 0.717) is 11.2 Å². The lowest BCUT2D eigenvalue weighted by atomic mass is 10.0. The molecule has 1 atom stereocenters. The number of aryl methyl sites for hydroxylation is 1. The summed E-state index contributed by atoms with van der Waals surface area (Å²) >= 11 is 0. The third kappa shape index (κ3) is 6.67. The predicted octanol–water partition coefficient (Wildman–Crippen LogP) is 2.46. The zero-order valence-electron chi connectivity index (χ0n) is 18.1. The number of carboxylic acids is 1. The van der Waals surface area contributed by atoms with Gasteiger partial charge in [0.05, 0.1) is 5.52 Å². The van der Waals surface area contributed by atoms with E-state index in [4.69, 9.17) is 5.11 Å². The van der Waals surface area contributed by atoms with E-state index in [2.05, 4.69) is 15.6 Å². The van der Waals surface area contributed by atoms with Gasteiger partial charge >= 0.3 is 5.97 Å². The monoisotopic (exact) mass is 451 g/mol. The zero-order valence-corrected chi connectivity index (χ0v) is 18.1. The molecule has 5 N–H and O–H groups in total. The van der Waals surface area contributed by atoms with E-state index in [-0.39, 0.29) is 37.0 Å². The summed E-state index contributed by atoms with van der Waals surface area (Å²) in [5, 5.41) is 24.5. The Bertz CT molecular complexity index is 1230. The van der Waals surface area contributed by atoms with Crippen molar-refractivity contribution in [3.63, 3.8) is 0 Å². The summed E-state index contributed by atoms with van der Waals surface area (Å²) in [6, 6.07) is 12.0. The molecule has 0 aliphatic heterocycles. The standard InChI is InChI=1S/C24H25N3O6/c1-14-11-22(30)26-19-13-16(7-10-18(14)19)25-24(33)20(12-15-5-8-17(28)9-6-15)27-21(29)3-2-4-23(31)32/h5-11,13,20,28H,2-4,12H2,1H3,(H,25,33)(H,26,30)(H,27,29)(H,31,32)/t20-/m0/s1. The minimum absolute atomic E-state index is 0.0256. The van der Waals surface area contributed by atoms with Gasteiger partial charge in [-0.1, -0.05) is 18.2 Å². The first kappa shape index (κ1) is 23.5. The van der Waals surface area contributed by atoms with Gasteiger partial charge in [0.15, 0.2) is 0 Å². The van der Waals surface area contributed by atoms with Crippen LogP contribution in [0.15, 0.2) is 53.3 Å². The molecule has 0 saturated carbocycles. The van der Waals surface area contributed by atoms with Crippen LogP contribution in [-0.2, 0) is 20.8 Å². The van der Waals surface area contributed by atoms with Crippen molar-refractivity contribution in [1.82, 2.24) is 10.3 Å². The number of phenolic OH excluding ortho intramolecular Hbond substituents is 1. The molecule has 0 spiro atoms. The molecule has 0 saturated heterocycles. The number of phenols is 1. The highest BCUT2D eigenvalue weighted by molar-refractivity contribution is 5.99. The summed E-state index contributed by atoms with van der Waals surface area (Å²) in [5.74, 6) is -1.82. The SMILES string of the molecule is Cc1cc(=O)[nH]c2cc(NC(=O)[C@H](Cc3ccc(O)cc3)NC(=O)CCCC(=O)O)ccc12. The van der Waals surface area contributed by atoms with Crippen molar-refractivity contribution in [3.8, 4) is 5.75 Å². The van der Waals surface area contributed by atoms with Crippen LogP contribution in [0, 0.1) is 6.92 Å². The highest BCUT2D eigenvalue weighted by Crippen LogP contribution is 2.20. The highest BCUT2D eigenvalue weighted by Gasteiger charge is 2.22. The number of aromatic hydroxyl groups is 1. The van der Waals surface area contributed by atoms with Crippen molar-refractivity contribution in [1.29, 1.82) is 0 Å². The lowest BCUT2D eigenvalue weighted by Crippen LogP contribution is -2.45. The van der Waals surface area contributed by atoms with Crippen LogP contribution < -0.4 is 16.2 Å². The number of H-pyrrole nitrogens is 1. The van der Waals surface area contributed by atoms with E-state index in [1.54, 1.807) is 30.3 Å². The van der Waals surface area contributed by atoms with Crippen LogP contribution in [0.4, 0.5) is 5.69 Å². The van der Waals surface area contributed by atoms with Gasteiger partial charge in [0, 0.05) is 36.4 Å². The number of carbonyl (C=O) groups excluding carboxylic acids is 2. The molecule has 1 aromatic heterocycles. The lowest BCUT2D eigenvalue weighted by molar-refractivity contribution is -0.137. The molecule has 0 aliphatic carbocycles. The number of amides is 2. The molecule has 9 nitrogen and oxygen atoms in total. The van der Waals surface area contributed by atoms with Crippen molar-refractivity contribution < 1.29 is 24.6 Å². The first-order valence-electron chi connectivity index (χ1n) is 10.4. The Kier molecular flexibility index (Phi) is 7.45. The number of aliphatic carboxylic acids is 1. The van der Waals surface area contributed by atoms with Crippen LogP contribution in [0.2, 0.25) is 0 Å². The van der Waals surface area contributed by atoms with Gasteiger partial charge in [-0.2, -0.15) is 0 Å². The number of benzene rings is 2. The van der Waals surface area contributed by atoms with E-state index < -0.39 is 23.8 Å². The molecule has 2 amide bonds. The molecular formula is C24H25N3O6. The van der Waals surface area contributed by atoms with Crippen LogP contribution in [-0.4, -0.2) is 39.0 Å². The maximum atomic E-state index is 13.0. The van der Waals surface area contributed by atoms with Crippen LogP contribution in [0.1, 0.15) is 30.4 Å². The molecule has 1 heterocycles. The molecule has 9 heteroatoms. The Morgan fingerprint density at radius 3 is 2.45 bits per heavy atom. The molecule has 33 heavy (non-hydrogen) atoms. The number of aromatic nitrogens is 1. The summed E-state index contributed by atoms with van der Waals surface area (Å²) in [5.41, 5.74) is 2.31. The Morgan fingerprint density at radius 1 is 1.03 bits per heavy atom. The summed E-state index contributed by atoms with van der Waals surface area (Å²) in [6.45, 7) is 1.82. The van der Waals surface area contributed by atoms with E-state index in [0.717, 1.165) is 16.5 Å². The van der Waals surface area contributed by atoms with Crippen molar-refractivity contribution in [2.75, 3.05) is 5.32 Å². The van der Waals surface area contributed by atoms with Gasteiger partial charge in [-0.25, -0.2) is 0 Å². The average molecular weight is 451 g/mol. The van der Waals surface area contributed by atoms with Crippen LogP contribution >= 0.6 is 0 Å². The average Bonchev–Trinajstić information content (AvgIpc) is 2.74. The number of hydrogen-bond acceptors (Lipinski definition) is 5. The fourth-order valence-corrected chi connectivity index (χ4v) is 3.49. The third-order valence-electron chi connectivity index (χ3n) is 5.14. The number of carboxylic acid groups (broad SMARTS) is 1. The number of hydrogen-bond donors (Lipinski definition) is 5. The molecule has 3 rings (SSSR count). The zero-order chi connectivity index (χ0) is 24.0. The largest absolute Gasteiger partial charge is 0.508 e. The predicted molar refractivity (Wildman–Crippen MR) is 123 cm³/mol. The molecule has 0 fully saturated rings. The van der Waals surface area contributed by atoms with Gasteiger partial charge in [0.25, 0.3) is 0 Å². The Labute approximate surface area is 189 Å². The number of carbonyl (C=O) groups is 3. The molecule has 172 valence electrons. The van der Waals surface area contributed by atoms with Gasteiger partial charge in [-0.05, 0) is 48.7 Å². The summed E-state index contributed by atoms with van der Waals surface area (Å²) in [4.78, 5) is 50.5. The highest BCUT2D eigenvalue weighted by atomic mass is 16.4. The Balaban J connectivity index is 1.77. The Morgan fingerprint density at radius 2 is 1.76 bits per heavy atom. The van der Waals surface area contributed by atoms with Crippen molar-refractivity contribution in [2.24, 2.45) is 0 Å². The fourth-order valence-electron chi connectivity index (χ4n) is 3.49. The van der Waals surface area contributed by atoms with Gasteiger partial charge in [0.2, 0.25) is 17.4 Å². The number of rotatable bonds is 9. The second-order valence-corrected chi connectivity index (χ2v) is 7.80. The number of anilines is 1. The molecule has 2 aromatic carbocycles. The van der Waals surface area contributed by atoms with Gasteiger partial charge in [-0.3, -0.25) is 19.2 Å². The third-order valence-corrected chi connectivity index (χ3v) is 5.14.